The third-order valence-corrected chi connectivity index (χ3v) is 4.72. The monoisotopic (exact) mass is 344 g/mol. The molecule has 0 radical (unpaired) electrons. The Kier molecular flexibility index (Phi) is 5.31. The summed E-state index contributed by atoms with van der Waals surface area (Å²) in [5, 5.41) is 5.83. The molecule has 0 aromatic heterocycles. The van der Waals surface area contributed by atoms with Gasteiger partial charge in [-0.2, -0.15) is 0 Å². The summed E-state index contributed by atoms with van der Waals surface area (Å²) in [6.07, 6.45) is 4.09. The molecule has 2 aromatic rings. The van der Waals surface area contributed by atoms with Crippen LogP contribution < -0.4 is 10.6 Å². The standard InChI is InChI=1S/C20H22F2N2O/c1-13(15-10-11-17(21)18(22)12-15)23-20(25)24-19-9-5-3-7-14-6-2-4-8-16(14)19/h2,4,6,8,10-13,19H,3,5,7,9H2,1H3,(H2,23,24,25). The Morgan fingerprint density at radius 1 is 1.12 bits per heavy atom. The van der Waals surface area contributed by atoms with Gasteiger partial charge in [-0.1, -0.05) is 36.8 Å². The molecule has 2 unspecified atom stereocenters. The number of fused-ring (bicyclic) bond motifs is 1. The number of carbonyl (C=O) groups excluding carboxylic acids is 1. The van der Waals surface area contributed by atoms with Crippen LogP contribution in [-0.2, 0) is 6.42 Å². The quantitative estimate of drug-likeness (QED) is 0.772. The molecule has 2 atom stereocenters. The van der Waals surface area contributed by atoms with Crippen molar-refractivity contribution in [2.24, 2.45) is 0 Å². The number of aryl methyl sites for hydroxylation is 1. The molecular formula is C20H22F2N2O. The van der Waals surface area contributed by atoms with Gasteiger partial charge in [0.25, 0.3) is 0 Å². The molecule has 2 aromatic carbocycles. The van der Waals surface area contributed by atoms with Crippen molar-refractivity contribution in [1.82, 2.24) is 10.6 Å². The highest BCUT2D eigenvalue weighted by Gasteiger charge is 2.21. The lowest BCUT2D eigenvalue weighted by Gasteiger charge is -2.22. The molecule has 0 aliphatic heterocycles. The fourth-order valence-corrected chi connectivity index (χ4v) is 3.33. The summed E-state index contributed by atoms with van der Waals surface area (Å²) >= 11 is 0. The zero-order chi connectivity index (χ0) is 17.8. The maximum absolute atomic E-state index is 13.4. The first-order chi connectivity index (χ1) is 12.0. The van der Waals surface area contributed by atoms with Crippen molar-refractivity contribution in [2.75, 3.05) is 0 Å². The van der Waals surface area contributed by atoms with E-state index in [1.54, 1.807) is 6.92 Å². The zero-order valence-electron chi connectivity index (χ0n) is 14.2. The van der Waals surface area contributed by atoms with Crippen molar-refractivity contribution >= 4 is 6.03 Å². The van der Waals surface area contributed by atoms with Gasteiger partial charge in [0.15, 0.2) is 11.6 Å². The van der Waals surface area contributed by atoms with E-state index in [-0.39, 0.29) is 12.1 Å². The van der Waals surface area contributed by atoms with Crippen molar-refractivity contribution in [3.8, 4) is 0 Å². The maximum atomic E-state index is 13.4. The van der Waals surface area contributed by atoms with Crippen molar-refractivity contribution in [3.63, 3.8) is 0 Å². The average Bonchev–Trinajstić information content (AvgIpc) is 2.80. The molecule has 0 heterocycles. The van der Waals surface area contributed by atoms with Gasteiger partial charge in [-0.3, -0.25) is 0 Å². The topological polar surface area (TPSA) is 41.1 Å². The molecule has 0 fully saturated rings. The maximum Gasteiger partial charge on any atom is 0.315 e. The number of urea groups is 1. The number of hydrogen-bond donors (Lipinski definition) is 2. The molecule has 132 valence electrons. The lowest BCUT2D eigenvalue weighted by molar-refractivity contribution is 0.233. The number of benzene rings is 2. The second-order valence-corrected chi connectivity index (χ2v) is 6.51. The molecule has 3 rings (SSSR count). The van der Waals surface area contributed by atoms with Gasteiger partial charge in [-0.15, -0.1) is 0 Å². The lowest BCUT2D eigenvalue weighted by Crippen LogP contribution is -2.39. The zero-order valence-corrected chi connectivity index (χ0v) is 14.2. The van der Waals surface area contributed by atoms with E-state index >= 15 is 0 Å². The van der Waals surface area contributed by atoms with Gasteiger partial charge in [-0.05, 0) is 55.0 Å². The van der Waals surface area contributed by atoms with Gasteiger partial charge in [-0.25, -0.2) is 13.6 Å². The Morgan fingerprint density at radius 2 is 1.92 bits per heavy atom. The summed E-state index contributed by atoms with van der Waals surface area (Å²) in [5.74, 6) is -1.81. The Hall–Kier alpha value is -2.43. The second kappa shape index (κ2) is 7.64. The van der Waals surface area contributed by atoms with Crippen molar-refractivity contribution < 1.29 is 13.6 Å². The van der Waals surface area contributed by atoms with Crippen LogP contribution in [0.1, 0.15) is 55.0 Å². The van der Waals surface area contributed by atoms with Gasteiger partial charge in [0.05, 0.1) is 12.1 Å². The number of amides is 2. The predicted octanol–water partition coefficient (Wildman–Crippen LogP) is 4.79. The van der Waals surface area contributed by atoms with E-state index in [0.29, 0.717) is 5.56 Å². The van der Waals surface area contributed by atoms with E-state index in [4.69, 9.17) is 0 Å². The minimum absolute atomic E-state index is 0.0316. The van der Waals surface area contributed by atoms with Crippen LogP contribution in [0.25, 0.3) is 0 Å². The fraction of sp³-hybridized carbons (Fsp3) is 0.350. The van der Waals surface area contributed by atoms with Crippen molar-refractivity contribution in [3.05, 3.63) is 70.8 Å². The van der Waals surface area contributed by atoms with Crippen LogP contribution in [0.4, 0.5) is 13.6 Å². The van der Waals surface area contributed by atoms with Crippen LogP contribution in [-0.4, -0.2) is 6.03 Å². The van der Waals surface area contributed by atoms with E-state index < -0.39 is 17.7 Å². The lowest BCUT2D eigenvalue weighted by atomic mass is 9.99. The molecular weight excluding hydrogens is 322 g/mol. The molecule has 0 saturated heterocycles. The number of rotatable bonds is 3. The van der Waals surface area contributed by atoms with Crippen LogP contribution >= 0.6 is 0 Å². The Bertz CT molecular complexity index is 763. The first-order valence-corrected chi connectivity index (χ1v) is 8.64. The molecule has 0 spiro atoms. The molecule has 1 aliphatic carbocycles. The second-order valence-electron chi connectivity index (χ2n) is 6.51. The van der Waals surface area contributed by atoms with Crippen LogP contribution in [0.3, 0.4) is 0 Å². The molecule has 0 saturated carbocycles. The highest BCUT2D eigenvalue weighted by atomic mass is 19.2. The first kappa shape index (κ1) is 17.4. The van der Waals surface area contributed by atoms with Gasteiger partial charge in [0.2, 0.25) is 0 Å². The summed E-state index contributed by atoms with van der Waals surface area (Å²) in [5.41, 5.74) is 2.96. The molecule has 1 aliphatic rings. The Balaban J connectivity index is 1.67. The van der Waals surface area contributed by atoms with Gasteiger partial charge in [0.1, 0.15) is 0 Å². The number of hydrogen-bond acceptors (Lipinski definition) is 1. The third-order valence-electron chi connectivity index (χ3n) is 4.72. The van der Waals surface area contributed by atoms with Crippen LogP contribution in [0.5, 0.6) is 0 Å². The number of halogens is 2. The van der Waals surface area contributed by atoms with Crippen LogP contribution in [0.2, 0.25) is 0 Å². The number of nitrogens with one attached hydrogen (secondary N) is 2. The van der Waals surface area contributed by atoms with Crippen molar-refractivity contribution in [2.45, 2.75) is 44.7 Å². The minimum Gasteiger partial charge on any atom is -0.332 e. The molecule has 5 heteroatoms. The van der Waals surface area contributed by atoms with Gasteiger partial charge >= 0.3 is 6.03 Å². The van der Waals surface area contributed by atoms with E-state index in [1.807, 2.05) is 12.1 Å². The third kappa shape index (κ3) is 4.16. The smallest absolute Gasteiger partial charge is 0.315 e. The number of carbonyl (C=O) groups is 1. The van der Waals surface area contributed by atoms with Crippen LogP contribution in [0, 0.1) is 11.6 Å². The minimum atomic E-state index is -0.913. The largest absolute Gasteiger partial charge is 0.332 e. The summed E-state index contributed by atoms with van der Waals surface area (Å²) < 4.78 is 26.4. The fourth-order valence-electron chi connectivity index (χ4n) is 3.33. The van der Waals surface area contributed by atoms with Crippen molar-refractivity contribution in [1.29, 1.82) is 0 Å². The first-order valence-electron chi connectivity index (χ1n) is 8.64. The molecule has 0 bridgehead atoms. The predicted molar refractivity (Wildman–Crippen MR) is 93.2 cm³/mol. The summed E-state index contributed by atoms with van der Waals surface area (Å²) in [7, 11) is 0. The highest BCUT2D eigenvalue weighted by molar-refractivity contribution is 5.75. The Labute approximate surface area is 146 Å². The van der Waals surface area contributed by atoms with Crippen LogP contribution in [0.15, 0.2) is 42.5 Å². The van der Waals surface area contributed by atoms with E-state index in [2.05, 4.69) is 22.8 Å². The summed E-state index contributed by atoms with van der Waals surface area (Å²) in [6, 6.07) is 11.1. The van der Waals surface area contributed by atoms with E-state index in [1.165, 1.54) is 11.6 Å². The summed E-state index contributed by atoms with van der Waals surface area (Å²) in [4.78, 5) is 12.4. The molecule has 2 N–H and O–H groups in total. The SMILES string of the molecule is CC(NC(=O)NC1CCCCc2ccccc21)c1ccc(F)c(F)c1. The molecule has 25 heavy (non-hydrogen) atoms. The normalized spacial score (nSPS) is 18.0. The van der Waals surface area contributed by atoms with E-state index in [9.17, 15) is 13.6 Å². The molecule has 3 nitrogen and oxygen atoms in total. The van der Waals surface area contributed by atoms with E-state index in [0.717, 1.165) is 43.4 Å². The highest BCUT2D eigenvalue weighted by Crippen LogP contribution is 2.28. The van der Waals surface area contributed by atoms with Gasteiger partial charge < -0.3 is 10.6 Å². The van der Waals surface area contributed by atoms with Gasteiger partial charge in [0, 0.05) is 0 Å². The average molecular weight is 344 g/mol. The Morgan fingerprint density at radius 3 is 2.72 bits per heavy atom. The molecule has 2 amide bonds. The summed E-state index contributed by atoms with van der Waals surface area (Å²) in [6.45, 7) is 1.74.